The van der Waals surface area contributed by atoms with Crippen LogP contribution < -0.4 is 16.3 Å². The second-order valence-electron chi connectivity index (χ2n) is 6.29. The predicted octanol–water partition coefficient (Wildman–Crippen LogP) is 2.86. The van der Waals surface area contributed by atoms with Crippen LogP contribution in [0.4, 0.5) is 4.39 Å². The first-order chi connectivity index (χ1) is 12.9. The number of halogens is 1. The number of aromatic nitrogens is 2. The van der Waals surface area contributed by atoms with Crippen LogP contribution in [0.1, 0.15) is 12.5 Å². The van der Waals surface area contributed by atoms with Crippen molar-refractivity contribution in [3.8, 4) is 17.1 Å². The summed E-state index contributed by atoms with van der Waals surface area (Å²) in [5.74, 6) is 0.322. The van der Waals surface area contributed by atoms with Gasteiger partial charge in [-0.3, -0.25) is 0 Å². The Morgan fingerprint density at radius 2 is 2.00 bits per heavy atom. The highest BCUT2D eigenvalue weighted by Gasteiger charge is 2.12. The standard InChI is InChI=1S/C21H20FN3OS/c1-13(23)19-14(2)25(11-10-15-6-5-7-16(22)12-15)20(24-21(19)27)17-8-3-4-9-18(17)26/h3-9,12,26H,2,10-11,23H2,1H3/b19-13-. The van der Waals surface area contributed by atoms with E-state index in [1.54, 1.807) is 31.2 Å². The van der Waals surface area contributed by atoms with Crippen molar-refractivity contribution in [2.45, 2.75) is 19.9 Å². The molecule has 0 bridgehead atoms. The molecule has 138 valence electrons. The Labute approximate surface area is 161 Å². The first-order valence-electron chi connectivity index (χ1n) is 8.47. The molecule has 0 radical (unpaired) electrons. The second kappa shape index (κ2) is 7.72. The molecule has 27 heavy (non-hydrogen) atoms. The Kier molecular flexibility index (Phi) is 5.37. The number of nitrogens with two attached hydrogens (primary N) is 1. The van der Waals surface area contributed by atoms with Crippen molar-refractivity contribution in [2.24, 2.45) is 5.73 Å². The van der Waals surface area contributed by atoms with Gasteiger partial charge in [-0.2, -0.15) is 0 Å². The second-order valence-corrected chi connectivity index (χ2v) is 6.68. The van der Waals surface area contributed by atoms with E-state index in [4.69, 9.17) is 18.0 Å². The molecule has 1 aromatic heterocycles. The lowest BCUT2D eigenvalue weighted by molar-refractivity contribution is 0.476. The smallest absolute Gasteiger partial charge is 0.145 e. The topological polar surface area (TPSA) is 64.1 Å². The average molecular weight is 381 g/mol. The Bertz CT molecular complexity index is 1170. The fourth-order valence-electron chi connectivity index (χ4n) is 3.04. The van der Waals surface area contributed by atoms with Gasteiger partial charge in [-0.15, -0.1) is 0 Å². The predicted molar refractivity (Wildman–Crippen MR) is 108 cm³/mol. The van der Waals surface area contributed by atoms with Crippen LogP contribution in [0, 0.1) is 10.5 Å². The summed E-state index contributed by atoms with van der Waals surface area (Å²) in [6.07, 6.45) is 0.563. The number of phenolic OH excluding ortho intramolecular Hbond substituents is 1. The normalized spacial score (nSPS) is 12.1. The molecular formula is C21H20FN3OS. The number of hydrogen-bond acceptors (Lipinski definition) is 4. The summed E-state index contributed by atoms with van der Waals surface area (Å²) in [5.41, 5.74) is 7.92. The highest BCUT2D eigenvalue weighted by atomic mass is 32.1. The molecule has 2 aromatic carbocycles. The van der Waals surface area contributed by atoms with Gasteiger partial charge in [0.1, 0.15) is 22.0 Å². The number of nitrogens with zero attached hydrogens (tertiary/aromatic N) is 2. The molecule has 3 rings (SSSR count). The van der Waals surface area contributed by atoms with E-state index < -0.39 is 0 Å². The molecule has 0 amide bonds. The van der Waals surface area contributed by atoms with E-state index >= 15 is 0 Å². The van der Waals surface area contributed by atoms with Gasteiger partial charge in [0.2, 0.25) is 0 Å². The Morgan fingerprint density at radius 3 is 2.67 bits per heavy atom. The SMILES string of the molecule is C=c1/c(=C(\C)N)c(=S)nc(-c2ccccc2O)n1CCc1cccc(F)c1. The first kappa shape index (κ1) is 18.8. The van der Waals surface area contributed by atoms with Crippen LogP contribution in [-0.2, 0) is 13.0 Å². The van der Waals surface area contributed by atoms with Gasteiger partial charge in [-0.1, -0.05) is 43.1 Å². The van der Waals surface area contributed by atoms with Crippen LogP contribution in [0.3, 0.4) is 0 Å². The van der Waals surface area contributed by atoms with Crippen LogP contribution in [0.15, 0.2) is 48.5 Å². The van der Waals surface area contributed by atoms with Gasteiger partial charge in [0.15, 0.2) is 0 Å². The van der Waals surface area contributed by atoms with Crippen molar-refractivity contribution in [3.63, 3.8) is 0 Å². The third-order valence-corrected chi connectivity index (χ3v) is 4.64. The number of para-hydroxylation sites is 1. The molecule has 0 unspecified atom stereocenters. The number of aromatic hydroxyl groups is 1. The molecule has 0 aliphatic carbocycles. The summed E-state index contributed by atoms with van der Waals surface area (Å²) >= 11 is 5.40. The summed E-state index contributed by atoms with van der Waals surface area (Å²) in [4.78, 5) is 4.52. The molecule has 0 saturated heterocycles. The number of benzene rings is 2. The van der Waals surface area contributed by atoms with E-state index in [1.165, 1.54) is 12.1 Å². The third kappa shape index (κ3) is 3.90. The molecule has 0 spiro atoms. The van der Waals surface area contributed by atoms with Gasteiger partial charge < -0.3 is 15.4 Å². The lowest BCUT2D eigenvalue weighted by Crippen LogP contribution is -2.40. The molecule has 1 heterocycles. The van der Waals surface area contributed by atoms with E-state index in [-0.39, 0.29) is 11.6 Å². The summed E-state index contributed by atoms with van der Waals surface area (Å²) in [5, 5.41) is 11.5. The van der Waals surface area contributed by atoms with Crippen LogP contribution in [0.2, 0.25) is 0 Å². The Morgan fingerprint density at radius 1 is 1.26 bits per heavy atom. The van der Waals surface area contributed by atoms with Crippen molar-refractivity contribution in [2.75, 3.05) is 0 Å². The molecule has 6 heteroatoms. The van der Waals surface area contributed by atoms with Crippen molar-refractivity contribution in [1.29, 1.82) is 0 Å². The molecule has 4 nitrogen and oxygen atoms in total. The molecular weight excluding hydrogens is 361 g/mol. The number of phenols is 1. The summed E-state index contributed by atoms with van der Waals surface area (Å²) in [7, 11) is 0. The van der Waals surface area contributed by atoms with Crippen LogP contribution in [0.25, 0.3) is 23.7 Å². The van der Waals surface area contributed by atoms with Gasteiger partial charge in [-0.25, -0.2) is 9.37 Å². The maximum absolute atomic E-state index is 13.5. The van der Waals surface area contributed by atoms with Gasteiger partial charge in [0.05, 0.1) is 10.8 Å². The van der Waals surface area contributed by atoms with Gasteiger partial charge in [0.25, 0.3) is 0 Å². The monoisotopic (exact) mass is 381 g/mol. The number of rotatable bonds is 4. The number of hydrogen-bond donors (Lipinski definition) is 2. The van der Waals surface area contributed by atoms with E-state index in [9.17, 15) is 9.50 Å². The van der Waals surface area contributed by atoms with Gasteiger partial charge >= 0.3 is 0 Å². The number of aryl methyl sites for hydroxylation is 1. The highest BCUT2D eigenvalue weighted by molar-refractivity contribution is 7.71. The largest absolute Gasteiger partial charge is 0.507 e. The lowest BCUT2D eigenvalue weighted by atomic mass is 10.1. The van der Waals surface area contributed by atoms with Crippen molar-refractivity contribution < 1.29 is 9.50 Å². The van der Waals surface area contributed by atoms with Crippen LogP contribution in [-0.4, -0.2) is 14.7 Å². The van der Waals surface area contributed by atoms with Gasteiger partial charge in [-0.05, 0) is 43.2 Å². The zero-order valence-corrected chi connectivity index (χ0v) is 15.8. The van der Waals surface area contributed by atoms with Crippen LogP contribution >= 0.6 is 12.2 Å². The van der Waals surface area contributed by atoms with Crippen molar-refractivity contribution in [1.82, 2.24) is 9.55 Å². The quantitative estimate of drug-likeness (QED) is 0.682. The van der Waals surface area contributed by atoms with E-state index in [2.05, 4.69) is 11.6 Å². The molecule has 0 aliphatic rings. The summed E-state index contributed by atoms with van der Waals surface area (Å²) in [6.45, 7) is 6.38. The molecule has 3 N–H and O–H groups in total. The molecule has 0 atom stereocenters. The minimum Gasteiger partial charge on any atom is -0.507 e. The summed E-state index contributed by atoms with van der Waals surface area (Å²) < 4.78 is 15.7. The van der Waals surface area contributed by atoms with E-state index in [0.717, 1.165) is 5.56 Å². The van der Waals surface area contributed by atoms with Gasteiger partial charge in [0, 0.05) is 17.6 Å². The Hall–Kier alpha value is -2.99. The van der Waals surface area contributed by atoms with Crippen molar-refractivity contribution in [3.05, 3.63) is 75.1 Å². The fraction of sp³-hybridized carbons (Fsp3) is 0.143. The summed E-state index contributed by atoms with van der Waals surface area (Å²) in [6, 6.07) is 13.4. The molecule has 0 saturated carbocycles. The minimum atomic E-state index is -0.279. The zero-order valence-electron chi connectivity index (χ0n) is 14.9. The zero-order chi connectivity index (χ0) is 19.6. The average Bonchev–Trinajstić information content (AvgIpc) is 2.61. The van der Waals surface area contributed by atoms with Crippen LogP contribution in [0.5, 0.6) is 5.75 Å². The highest BCUT2D eigenvalue weighted by Crippen LogP contribution is 2.26. The fourth-order valence-corrected chi connectivity index (χ4v) is 3.40. The first-order valence-corrected chi connectivity index (χ1v) is 8.88. The molecule has 0 aliphatic heterocycles. The minimum absolute atomic E-state index is 0.0968. The maximum Gasteiger partial charge on any atom is 0.145 e. The van der Waals surface area contributed by atoms with E-state index in [1.807, 2.05) is 16.7 Å². The van der Waals surface area contributed by atoms with E-state index in [0.29, 0.717) is 45.3 Å². The third-order valence-electron chi connectivity index (χ3n) is 4.34. The molecule has 0 fully saturated rings. The van der Waals surface area contributed by atoms with Crippen molar-refractivity contribution >= 4 is 24.5 Å². The Balaban J connectivity index is 2.19. The maximum atomic E-state index is 13.5. The lowest BCUT2D eigenvalue weighted by Gasteiger charge is -2.16. The molecule has 3 aromatic rings.